The zero-order valence-corrected chi connectivity index (χ0v) is 10.6. The van der Waals surface area contributed by atoms with Crippen molar-refractivity contribution in [2.45, 2.75) is 26.2 Å². The minimum atomic E-state index is -0.380. The van der Waals surface area contributed by atoms with E-state index in [0.717, 1.165) is 5.76 Å². The number of ether oxygens (including phenoxy) is 1. The van der Waals surface area contributed by atoms with Gasteiger partial charge in [-0.2, -0.15) is 0 Å². The van der Waals surface area contributed by atoms with E-state index in [4.69, 9.17) is 9.15 Å². The third-order valence-electron chi connectivity index (χ3n) is 3.22. The lowest BCUT2D eigenvalue weighted by atomic mass is 9.91. The van der Waals surface area contributed by atoms with Gasteiger partial charge in [-0.3, -0.25) is 9.59 Å². The maximum Gasteiger partial charge on any atom is 0.312 e. The van der Waals surface area contributed by atoms with Gasteiger partial charge in [-0.05, 0) is 26.0 Å². The first-order chi connectivity index (χ1) is 9.04. The van der Waals surface area contributed by atoms with E-state index in [2.05, 4.69) is 4.98 Å². The number of aromatic amines is 1. The van der Waals surface area contributed by atoms with Gasteiger partial charge >= 0.3 is 5.97 Å². The van der Waals surface area contributed by atoms with Crippen LogP contribution < -0.4 is 10.3 Å². The number of pyridine rings is 1. The summed E-state index contributed by atoms with van der Waals surface area (Å²) >= 11 is 0. The van der Waals surface area contributed by atoms with Crippen molar-refractivity contribution >= 4 is 5.97 Å². The summed E-state index contributed by atoms with van der Waals surface area (Å²) in [5.74, 6) is 0.964. The van der Waals surface area contributed by atoms with E-state index in [0.29, 0.717) is 22.8 Å². The molecule has 0 amide bonds. The number of esters is 1. The summed E-state index contributed by atoms with van der Waals surface area (Å²) < 4.78 is 10.7. The lowest BCUT2D eigenvalue weighted by Crippen LogP contribution is -2.28. The highest BCUT2D eigenvalue weighted by molar-refractivity contribution is 5.77. The summed E-state index contributed by atoms with van der Waals surface area (Å²) in [6.07, 6.45) is 0.117. The van der Waals surface area contributed by atoms with Crippen molar-refractivity contribution in [3.63, 3.8) is 0 Å². The van der Waals surface area contributed by atoms with Gasteiger partial charge in [0, 0.05) is 11.8 Å². The lowest BCUT2D eigenvalue weighted by Gasteiger charge is -2.22. The highest BCUT2D eigenvalue weighted by atomic mass is 16.5. The van der Waals surface area contributed by atoms with E-state index in [-0.39, 0.29) is 23.9 Å². The molecular weight excluding hydrogens is 246 g/mol. The summed E-state index contributed by atoms with van der Waals surface area (Å²) in [5.41, 5.74) is 0.883. The van der Waals surface area contributed by atoms with Crippen molar-refractivity contribution in [1.29, 1.82) is 0 Å². The molecule has 0 saturated carbocycles. The first kappa shape index (κ1) is 11.8. The number of fused-ring (bicyclic) bond motifs is 1. The molecule has 5 nitrogen and oxygen atoms in total. The molecule has 2 aromatic rings. The fraction of sp³-hybridized carbons (Fsp3) is 0.286. The van der Waals surface area contributed by atoms with E-state index in [1.165, 1.54) is 0 Å². The van der Waals surface area contributed by atoms with Crippen molar-refractivity contribution < 1.29 is 13.9 Å². The number of nitrogens with one attached hydrogen (secondary N) is 1. The van der Waals surface area contributed by atoms with Gasteiger partial charge in [-0.1, -0.05) is 0 Å². The molecule has 0 aliphatic carbocycles. The van der Waals surface area contributed by atoms with Crippen LogP contribution in [0.1, 0.15) is 35.1 Å². The van der Waals surface area contributed by atoms with Gasteiger partial charge in [0.2, 0.25) is 0 Å². The average molecular weight is 259 g/mol. The Morgan fingerprint density at radius 3 is 2.74 bits per heavy atom. The molecule has 3 rings (SSSR count). The molecule has 1 aliphatic heterocycles. The number of carbonyl (C=O) groups is 1. The fourth-order valence-electron chi connectivity index (χ4n) is 2.40. The molecule has 0 bridgehead atoms. The number of aromatic nitrogens is 1. The van der Waals surface area contributed by atoms with Crippen LogP contribution in [0.25, 0.3) is 0 Å². The summed E-state index contributed by atoms with van der Waals surface area (Å²) in [6.45, 7) is 3.57. The first-order valence-electron chi connectivity index (χ1n) is 6.05. The smallest absolute Gasteiger partial charge is 0.312 e. The fourth-order valence-corrected chi connectivity index (χ4v) is 2.40. The molecule has 0 saturated heterocycles. The number of carbonyl (C=O) groups excluding carboxylic acids is 1. The quantitative estimate of drug-likeness (QED) is 0.795. The Balaban J connectivity index is 2.19. The largest absolute Gasteiger partial charge is 0.466 e. The SMILES string of the molecule is Cc1cc2c(c(=O)[nH]1)C(c1ccc(C)o1)CC(=O)O2. The van der Waals surface area contributed by atoms with Crippen LogP contribution in [0, 0.1) is 13.8 Å². The molecule has 3 heterocycles. The number of hydrogen-bond acceptors (Lipinski definition) is 4. The van der Waals surface area contributed by atoms with Crippen molar-refractivity contribution in [3.05, 3.63) is 51.3 Å². The predicted octanol–water partition coefficient (Wildman–Crippen LogP) is 2.03. The molecule has 98 valence electrons. The average Bonchev–Trinajstić information content (AvgIpc) is 2.73. The number of rotatable bonds is 1. The zero-order chi connectivity index (χ0) is 13.6. The summed E-state index contributed by atoms with van der Waals surface area (Å²) in [5, 5.41) is 0. The standard InChI is InChI=1S/C14H13NO4/c1-7-5-11-13(14(17)15-7)9(6-12(16)19-11)10-4-3-8(2)18-10/h3-5,9H,6H2,1-2H3,(H,15,17). The Morgan fingerprint density at radius 2 is 2.05 bits per heavy atom. The topological polar surface area (TPSA) is 72.3 Å². The minimum absolute atomic E-state index is 0.117. The van der Waals surface area contributed by atoms with E-state index < -0.39 is 0 Å². The van der Waals surface area contributed by atoms with Gasteiger partial charge in [0.15, 0.2) is 0 Å². The summed E-state index contributed by atoms with van der Waals surface area (Å²) in [4.78, 5) is 26.5. The number of aryl methyl sites for hydroxylation is 2. The van der Waals surface area contributed by atoms with Crippen LogP contribution >= 0.6 is 0 Å². The Labute approximate surface area is 109 Å². The normalized spacial score (nSPS) is 18.0. The lowest BCUT2D eigenvalue weighted by molar-refractivity contribution is -0.135. The maximum atomic E-state index is 12.1. The Hall–Kier alpha value is -2.30. The maximum absolute atomic E-state index is 12.1. The molecule has 1 atom stereocenters. The van der Waals surface area contributed by atoms with Crippen molar-refractivity contribution in [2.75, 3.05) is 0 Å². The number of hydrogen-bond donors (Lipinski definition) is 1. The summed E-state index contributed by atoms with van der Waals surface area (Å²) in [7, 11) is 0. The van der Waals surface area contributed by atoms with Crippen LogP contribution in [-0.4, -0.2) is 11.0 Å². The van der Waals surface area contributed by atoms with Crippen LogP contribution in [0.15, 0.2) is 27.4 Å². The van der Waals surface area contributed by atoms with Gasteiger partial charge in [-0.15, -0.1) is 0 Å². The molecule has 2 aromatic heterocycles. The van der Waals surface area contributed by atoms with Crippen LogP contribution in [0.4, 0.5) is 0 Å². The third-order valence-corrected chi connectivity index (χ3v) is 3.22. The van der Waals surface area contributed by atoms with Crippen LogP contribution in [-0.2, 0) is 4.79 Å². The predicted molar refractivity (Wildman–Crippen MR) is 67.3 cm³/mol. The monoisotopic (exact) mass is 259 g/mol. The highest BCUT2D eigenvalue weighted by Crippen LogP contribution is 2.37. The molecule has 1 N–H and O–H groups in total. The molecule has 0 radical (unpaired) electrons. The van der Waals surface area contributed by atoms with Crippen molar-refractivity contribution in [2.24, 2.45) is 0 Å². The van der Waals surface area contributed by atoms with Crippen molar-refractivity contribution in [1.82, 2.24) is 4.98 Å². The Bertz CT molecular complexity index is 710. The van der Waals surface area contributed by atoms with E-state index in [9.17, 15) is 9.59 Å². The zero-order valence-electron chi connectivity index (χ0n) is 10.6. The molecule has 0 spiro atoms. The summed E-state index contributed by atoms with van der Waals surface area (Å²) in [6, 6.07) is 5.27. The van der Waals surface area contributed by atoms with Crippen LogP contribution in [0.2, 0.25) is 0 Å². The molecule has 19 heavy (non-hydrogen) atoms. The Morgan fingerprint density at radius 1 is 1.26 bits per heavy atom. The second kappa shape index (κ2) is 4.12. The van der Waals surface area contributed by atoms with Gasteiger partial charge < -0.3 is 14.1 Å². The minimum Gasteiger partial charge on any atom is -0.466 e. The molecule has 0 aromatic carbocycles. The molecular formula is C14H13NO4. The molecule has 1 unspecified atom stereocenters. The highest BCUT2D eigenvalue weighted by Gasteiger charge is 2.33. The van der Waals surface area contributed by atoms with E-state index in [1.54, 1.807) is 19.1 Å². The van der Waals surface area contributed by atoms with E-state index in [1.807, 2.05) is 13.0 Å². The van der Waals surface area contributed by atoms with E-state index >= 15 is 0 Å². The Kier molecular flexibility index (Phi) is 2.55. The van der Waals surface area contributed by atoms with Crippen LogP contribution in [0.5, 0.6) is 5.75 Å². The number of H-pyrrole nitrogens is 1. The van der Waals surface area contributed by atoms with Gasteiger partial charge in [-0.25, -0.2) is 0 Å². The van der Waals surface area contributed by atoms with Gasteiger partial charge in [0.25, 0.3) is 5.56 Å². The second-order valence-electron chi connectivity index (χ2n) is 4.74. The van der Waals surface area contributed by atoms with Gasteiger partial charge in [0.1, 0.15) is 17.3 Å². The molecule has 0 fully saturated rings. The van der Waals surface area contributed by atoms with Crippen LogP contribution in [0.3, 0.4) is 0 Å². The second-order valence-corrected chi connectivity index (χ2v) is 4.74. The van der Waals surface area contributed by atoms with Gasteiger partial charge in [0.05, 0.1) is 17.9 Å². The first-order valence-corrected chi connectivity index (χ1v) is 6.05. The molecule has 5 heteroatoms. The molecule has 1 aliphatic rings. The van der Waals surface area contributed by atoms with Crippen molar-refractivity contribution in [3.8, 4) is 5.75 Å². The third kappa shape index (κ3) is 1.97. The number of furan rings is 1.